The summed E-state index contributed by atoms with van der Waals surface area (Å²) in [5.41, 5.74) is 1.18. The van der Waals surface area contributed by atoms with E-state index in [2.05, 4.69) is 5.32 Å². The van der Waals surface area contributed by atoms with Crippen LogP contribution in [-0.2, 0) is 14.3 Å². The molecule has 0 aliphatic carbocycles. The minimum Gasteiger partial charge on any atom is -0.466 e. The number of benzene rings is 1. The fourth-order valence-electron chi connectivity index (χ4n) is 2.36. The third kappa shape index (κ3) is 2.61. The largest absolute Gasteiger partial charge is 0.466 e. The van der Waals surface area contributed by atoms with E-state index in [1.54, 1.807) is 31.2 Å². The first-order valence-corrected chi connectivity index (χ1v) is 6.22. The molecule has 1 aliphatic heterocycles. The van der Waals surface area contributed by atoms with Crippen molar-refractivity contribution in [1.82, 2.24) is 0 Å². The van der Waals surface area contributed by atoms with Crippen LogP contribution in [0.1, 0.15) is 18.4 Å². The molecule has 1 amide bonds. The van der Waals surface area contributed by atoms with Gasteiger partial charge in [0.25, 0.3) is 0 Å². The highest BCUT2D eigenvalue weighted by Crippen LogP contribution is 2.37. The summed E-state index contributed by atoms with van der Waals surface area (Å²) in [4.78, 5) is 34.1. The van der Waals surface area contributed by atoms with Crippen molar-refractivity contribution in [2.45, 2.75) is 12.8 Å². The number of carbonyl (C=O) groups excluding carboxylic acids is 2. The summed E-state index contributed by atoms with van der Waals surface area (Å²) >= 11 is 0. The standard InChI is InChI=1S/C13H14N2O5/c1-2-20-13(17)9(7-15(18)19)11-8-5-3-4-6-10(8)14-12(11)16/h3-6,9,11H,2,7H2,1H3,(H,14,16). The van der Waals surface area contributed by atoms with Crippen LogP contribution in [-0.4, -0.2) is 30.0 Å². The van der Waals surface area contributed by atoms with E-state index >= 15 is 0 Å². The van der Waals surface area contributed by atoms with E-state index in [9.17, 15) is 19.7 Å². The molecule has 0 bridgehead atoms. The van der Waals surface area contributed by atoms with Gasteiger partial charge in [0.15, 0.2) is 0 Å². The number of amides is 1. The van der Waals surface area contributed by atoms with E-state index in [-0.39, 0.29) is 6.61 Å². The van der Waals surface area contributed by atoms with Crippen LogP contribution in [0.4, 0.5) is 5.69 Å². The number of nitrogens with zero attached hydrogens (tertiary/aromatic N) is 1. The second-order valence-corrected chi connectivity index (χ2v) is 4.43. The molecular formula is C13H14N2O5. The van der Waals surface area contributed by atoms with E-state index in [4.69, 9.17) is 4.74 Å². The number of rotatable bonds is 5. The summed E-state index contributed by atoms with van der Waals surface area (Å²) < 4.78 is 4.86. The second-order valence-electron chi connectivity index (χ2n) is 4.43. The monoisotopic (exact) mass is 278 g/mol. The van der Waals surface area contributed by atoms with Crippen LogP contribution in [0.3, 0.4) is 0 Å². The third-order valence-electron chi connectivity index (χ3n) is 3.17. The Morgan fingerprint density at radius 2 is 2.20 bits per heavy atom. The Morgan fingerprint density at radius 1 is 1.50 bits per heavy atom. The molecule has 7 nitrogen and oxygen atoms in total. The molecule has 2 unspecified atom stereocenters. The Hall–Kier alpha value is -2.44. The van der Waals surface area contributed by atoms with Crippen molar-refractivity contribution in [3.05, 3.63) is 39.9 Å². The van der Waals surface area contributed by atoms with Crippen molar-refractivity contribution in [2.75, 3.05) is 18.5 Å². The number of ether oxygens (including phenoxy) is 1. The van der Waals surface area contributed by atoms with E-state index in [1.165, 1.54) is 0 Å². The molecule has 7 heteroatoms. The first-order chi connectivity index (χ1) is 9.54. The summed E-state index contributed by atoms with van der Waals surface area (Å²) in [6, 6.07) is 6.85. The summed E-state index contributed by atoms with van der Waals surface area (Å²) in [7, 11) is 0. The number of hydrogen-bond acceptors (Lipinski definition) is 5. The van der Waals surface area contributed by atoms with Gasteiger partial charge in [-0.15, -0.1) is 0 Å². The first-order valence-electron chi connectivity index (χ1n) is 6.22. The number of fused-ring (bicyclic) bond motifs is 1. The number of carbonyl (C=O) groups is 2. The lowest BCUT2D eigenvalue weighted by molar-refractivity contribution is -0.486. The molecule has 0 fully saturated rings. The summed E-state index contributed by atoms with van der Waals surface area (Å²) in [5, 5.41) is 13.4. The maximum absolute atomic E-state index is 12.0. The van der Waals surface area contributed by atoms with E-state index < -0.39 is 35.2 Å². The van der Waals surface area contributed by atoms with Gasteiger partial charge in [0.1, 0.15) is 5.92 Å². The third-order valence-corrected chi connectivity index (χ3v) is 3.17. The van der Waals surface area contributed by atoms with Crippen molar-refractivity contribution in [3.8, 4) is 0 Å². The maximum atomic E-state index is 12.0. The number of esters is 1. The highest BCUT2D eigenvalue weighted by molar-refractivity contribution is 6.05. The highest BCUT2D eigenvalue weighted by Gasteiger charge is 2.44. The van der Waals surface area contributed by atoms with Gasteiger partial charge in [-0.3, -0.25) is 19.7 Å². The molecule has 1 aromatic carbocycles. The smallest absolute Gasteiger partial charge is 0.316 e. The molecule has 0 saturated heterocycles. The Morgan fingerprint density at radius 3 is 2.85 bits per heavy atom. The zero-order valence-electron chi connectivity index (χ0n) is 10.9. The predicted octanol–water partition coefficient (Wildman–Crippen LogP) is 1.18. The molecule has 1 aliphatic rings. The fraction of sp³-hybridized carbons (Fsp3) is 0.385. The Labute approximate surface area is 115 Å². The van der Waals surface area contributed by atoms with Gasteiger partial charge < -0.3 is 10.1 Å². The van der Waals surface area contributed by atoms with Crippen LogP contribution in [0.5, 0.6) is 0 Å². The quantitative estimate of drug-likeness (QED) is 0.495. The zero-order valence-corrected chi connectivity index (χ0v) is 10.9. The number of nitro groups is 1. The average molecular weight is 278 g/mol. The van der Waals surface area contributed by atoms with Gasteiger partial charge in [0, 0.05) is 10.6 Å². The molecule has 1 heterocycles. The van der Waals surface area contributed by atoms with Crippen LogP contribution in [0.2, 0.25) is 0 Å². The van der Waals surface area contributed by atoms with Gasteiger partial charge in [-0.25, -0.2) is 0 Å². The average Bonchev–Trinajstić information content (AvgIpc) is 2.72. The predicted molar refractivity (Wildman–Crippen MR) is 69.8 cm³/mol. The van der Waals surface area contributed by atoms with Gasteiger partial charge in [-0.2, -0.15) is 0 Å². The number of anilines is 1. The van der Waals surface area contributed by atoms with Gasteiger partial charge in [0.2, 0.25) is 12.5 Å². The van der Waals surface area contributed by atoms with Gasteiger partial charge in [-0.1, -0.05) is 18.2 Å². The van der Waals surface area contributed by atoms with Crippen molar-refractivity contribution < 1.29 is 19.2 Å². The molecule has 20 heavy (non-hydrogen) atoms. The van der Waals surface area contributed by atoms with Gasteiger partial charge in [-0.05, 0) is 18.6 Å². The van der Waals surface area contributed by atoms with Crippen molar-refractivity contribution >= 4 is 17.6 Å². The first kappa shape index (κ1) is 14.0. The van der Waals surface area contributed by atoms with Gasteiger partial charge >= 0.3 is 5.97 Å². The van der Waals surface area contributed by atoms with Crippen LogP contribution >= 0.6 is 0 Å². The lowest BCUT2D eigenvalue weighted by atomic mass is 9.87. The summed E-state index contributed by atoms with van der Waals surface area (Å²) in [6.07, 6.45) is 0. The van der Waals surface area contributed by atoms with Crippen molar-refractivity contribution in [3.63, 3.8) is 0 Å². The Bertz CT molecular complexity index is 557. The fourth-order valence-corrected chi connectivity index (χ4v) is 2.36. The van der Waals surface area contributed by atoms with Crippen LogP contribution in [0.25, 0.3) is 0 Å². The maximum Gasteiger partial charge on any atom is 0.316 e. The van der Waals surface area contributed by atoms with Crippen LogP contribution in [0, 0.1) is 16.0 Å². The van der Waals surface area contributed by atoms with Gasteiger partial charge in [0.05, 0.1) is 12.5 Å². The summed E-state index contributed by atoms with van der Waals surface area (Å²) in [5.74, 6) is -3.13. The zero-order chi connectivity index (χ0) is 14.7. The molecule has 2 atom stereocenters. The minimum atomic E-state index is -1.12. The molecule has 0 radical (unpaired) electrons. The molecular weight excluding hydrogens is 264 g/mol. The molecule has 1 aromatic rings. The summed E-state index contributed by atoms with van der Waals surface area (Å²) in [6.45, 7) is 1.10. The Kier molecular flexibility index (Phi) is 3.97. The molecule has 0 spiro atoms. The normalized spacial score (nSPS) is 18.1. The molecule has 1 N–H and O–H groups in total. The molecule has 106 valence electrons. The number of hydrogen-bond donors (Lipinski definition) is 1. The topological polar surface area (TPSA) is 98.5 Å². The lowest BCUT2D eigenvalue weighted by Crippen LogP contribution is -2.34. The molecule has 2 rings (SSSR count). The molecule has 0 saturated carbocycles. The number of para-hydroxylation sites is 1. The van der Waals surface area contributed by atoms with E-state index in [0.717, 1.165) is 0 Å². The minimum absolute atomic E-state index is 0.114. The van der Waals surface area contributed by atoms with Crippen molar-refractivity contribution in [1.29, 1.82) is 0 Å². The second kappa shape index (κ2) is 5.68. The van der Waals surface area contributed by atoms with Crippen LogP contribution in [0.15, 0.2) is 24.3 Å². The van der Waals surface area contributed by atoms with E-state index in [1.807, 2.05) is 0 Å². The van der Waals surface area contributed by atoms with Crippen LogP contribution < -0.4 is 5.32 Å². The molecule has 0 aromatic heterocycles. The Balaban J connectivity index is 2.35. The lowest BCUT2D eigenvalue weighted by Gasteiger charge is -2.17. The number of nitrogens with one attached hydrogen (secondary N) is 1. The highest BCUT2D eigenvalue weighted by atomic mass is 16.6. The van der Waals surface area contributed by atoms with Crippen molar-refractivity contribution in [2.24, 2.45) is 5.92 Å². The van der Waals surface area contributed by atoms with E-state index in [0.29, 0.717) is 11.3 Å². The SMILES string of the molecule is CCOC(=O)C(C[N+](=O)[O-])C1C(=O)Nc2ccccc21.